The van der Waals surface area contributed by atoms with E-state index in [0.717, 1.165) is 24.3 Å². The highest BCUT2D eigenvalue weighted by atomic mass is 32.2. The maximum Gasteiger partial charge on any atom is 0.344 e. The van der Waals surface area contributed by atoms with E-state index in [2.05, 4.69) is 10.7 Å². The highest BCUT2D eigenvalue weighted by molar-refractivity contribution is 7.89. The zero-order valence-corrected chi connectivity index (χ0v) is 17.4. The molecule has 0 bridgehead atoms. The summed E-state index contributed by atoms with van der Waals surface area (Å²) in [6, 6.07) is 4.76. The minimum absolute atomic E-state index is 0.0777. The molecule has 2 aliphatic rings. The Morgan fingerprint density at radius 1 is 1.10 bits per heavy atom. The lowest BCUT2D eigenvalue weighted by molar-refractivity contribution is -0.134. The summed E-state index contributed by atoms with van der Waals surface area (Å²) in [5.41, 5.74) is 1.56. The molecule has 1 aliphatic carbocycles. The molecule has 1 heterocycles. The van der Waals surface area contributed by atoms with Gasteiger partial charge in [0.15, 0.2) is 0 Å². The number of hydrogen-bond donors (Lipinski definition) is 2. The number of carbonyl (C=O) groups excluding carboxylic acids is 3. The maximum atomic E-state index is 12.7. The van der Waals surface area contributed by atoms with Gasteiger partial charge in [-0.3, -0.25) is 15.0 Å². The van der Waals surface area contributed by atoms with Crippen molar-refractivity contribution in [3.63, 3.8) is 0 Å². The average molecular weight is 423 g/mol. The number of sulfonamides is 1. The lowest BCUT2D eigenvalue weighted by atomic mass is 9.82. The Kier molecular flexibility index (Phi) is 5.95. The van der Waals surface area contributed by atoms with Crippen molar-refractivity contribution in [3.05, 3.63) is 29.8 Å². The Morgan fingerprint density at radius 3 is 2.24 bits per heavy atom. The van der Waals surface area contributed by atoms with Crippen LogP contribution in [0.1, 0.15) is 56.3 Å². The molecule has 2 N–H and O–H groups in total. The molecule has 1 aliphatic heterocycles. The SMILES string of the molecule is CCN(CC)S(=O)(=O)c1ccc(C(=O)NN2C(=O)NC3(CCCCC3)C2=O)cc1. The summed E-state index contributed by atoms with van der Waals surface area (Å²) in [4.78, 5) is 37.6. The zero-order valence-electron chi connectivity index (χ0n) is 16.6. The molecule has 29 heavy (non-hydrogen) atoms. The van der Waals surface area contributed by atoms with E-state index in [1.807, 2.05) is 0 Å². The third kappa shape index (κ3) is 3.86. The normalized spacial score (nSPS) is 18.9. The molecular formula is C19H26N4O5S. The molecule has 1 aromatic rings. The van der Waals surface area contributed by atoms with Gasteiger partial charge in [0.05, 0.1) is 4.90 Å². The Balaban J connectivity index is 1.73. The number of hydrazine groups is 1. The fourth-order valence-corrected chi connectivity index (χ4v) is 5.33. The van der Waals surface area contributed by atoms with Crippen molar-refractivity contribution < 1.29 is 22.8 Å². The highest BCUT2D eigenvalue weighted by Crippen LogP contribution is 2.33. The van der Waals surface area contributed by atoms with Gasteiger partial charge in [0, 0.05) is 18.7 Å². The van der Waals surface area contributed by atoms with Crippen LogP contribution in [0.25, 0.3) is 0 Å². The van der Waals surface area contributed by atoms with E-state index in [4.69, 9.17) is 0 Å². The second kappa shape index (κ2) is 8.11. The Morgan fingerprint density at radius 2 is 1.69 bits per heavy atom. The maximum absolute atomic E-state index is 12.7. The van der Waals surface area contributed by atoms with E-state index in [-0.39, 0.29) is 10.5 Å². The second-order valence-corrected chi connectivity index (χ2v) is 9.21. The van der Waals surface area contributed by atoms with Crippen LogP contribution < -0.4 is 10.7 Å². The van der Waals surface area contributed by atoms with Gasteiger partial charge in [0.1, 0.15) is 5.54 Å². The standard InChI is InChI=1S/C19H26N4O5S/c1-3-22(4-2)29(27,28)15-10-8-14(9-11-15)16(24)21-23-17(25)19(20-18(23)26)12-6-5-7-13-19/h8-11H,3-7,12-13H2,1-2H3,(H,20,26)(H,21,24). The van der Waals surface area contributed by atoms with E-state index in [1.54, 1.807) is 13.8 Å². The first-order valence-corrected chi connectivity index (χ1v) is 11.3. The molecule has 1 saturated carbocycles. The zero-order chi connectivity index (χ0) is 21.2. The summed E-state index contributed by atoms with van der Waals surface area (Å²) >= 11 is 0. The van der Waals surface area contributed by atoms with Crippen molar-refractivity contribution in [2.45, 2.75) is 56.4 Å². The molecule has 4 amide bonds. The summed E-state index contributed by atoms with van der Waals surface area (Å²) in [6.07, 6.45) is 3.82. The first-order chi connectivity index (χ1) is 13.7. The molecule has 1 saturated heterocycles. The van der Waals surface area contributed by atoms with Gasteiger partial charge in [0.25, 0.3) is 11.8 Å². The summed E-state index contributed by atoms with van der Waals surface area (Å²) in [7, 11) is -3.63. The molecule has 1 aromatic carbocycles. The van der Waals surface area contributed by atoms with Crippen molar-refractivity contribution in [2.24, 2.45) is 0 Å². The van der Waals surface area contributed by atoms with Crippen LogP contribution in [-0.2, 0) is 14.8 Å². The number of nitrogens with zero attached hydrogens (tertiary/aromatic N) is 2. The van der Waals surface area contributed by atoms with Gasteiger partial charge in [0.2, 0.25) is 10.0 Å². The molecule has 0 radical (unpaired) electrons. The van der Waals surface area contributed by atoms with Crippen LogP contribution in [0.5, 0.6) is 0 Å². The van der Waals surface area contributed by atoms with Gasteiger partial charge in [-0.25, -0.2) is 13.2 Å². The van der Waals surface area contributed by atoms with Crippen molar-refractivity contribution in [3.8, 4) is 0 Å². The van der Waals surface area contributed by atoms with Crippen LogP contribution >= 0.6 is 0 Å². The van der Waals surface area contributed by atoms with E-state index in [9.17, 15) is 22.8 Å². The molecule has 158 valence electrons. The number of carbonyl (C=O) groups is 3. The number of amides is 4. The molecule has 0 aromatic heterocycles. The smallest absolute Gasteiger partial charge is 0.322 e. The average Bonchev–Trinajstić information content (AvgIpc) is 2.93. The predicted octanol–water partition coefficient (Wildman–Crippen LogP) is 1.62. The van der Waals surface area contributed by atoms with Gasteiger partial charge in [-0.1, -0.05) is 33.1 Å². The number of nitrogens with one attached hydrogen (secondary N) is 2. The van der Waals surface area contributed by atoms with Crippen LogP contribution in [0.2, 0.25) is 0 Å². The van der Waals surface area contributed by atoms with Gasteiger partial charge < -0.3 is 5.32 Å². The van der Waals surface area contributed by atoms with Crippen LogP contribution in [0.15, 0.2) is 29.2 Å². The molecule has 0 unspecified atom stereocenters. The number of urea groups is 1. The first-order valence-electron chi connectivity index (χ1n) is 9.83. The predicted molar refractivity (Wildman–Crippen MR) is 105 cm³/mol. The topological polar surface area (TPSA) is 116 Å². The second-order valence-electron chi connectivity index (χ2n) is 7.27. The summed E-state index contributed by atoms with van der Waals surface area (Å²) in [5, 5.41) is 3.45. The highest BCUT2D eigenvalue weighted by Gasteiger charge is 2.52. The molecule has 9 nitrogen and oxygen atoms in total. The summed E-state index contributed by atoms with van der Waals surface area (Å²) < 4.78 is 26.4. The van der Waals surface area contributed by atoms with Gasteiger partial charge in [-0.05, 0) is 37.1 Å². The number of hydrogen-bond acceptors (Lipinski definition) is 5. The monoisotopic (exact) mass is 422 g/mol. The van der Waals surface area contributed by atoms with Crippen molar-refractivity contribution >= 4 is 27.9 Å². The Hall–Kier alpha value is -2.46. The molecular weight excluding hydrogens is 396 g/mol. The van der Waals surface area contributed by atoms with Crippen molar-refractivity contribution in [1.82, 2.24) is 20.1 Å². The quantitative estimate of drug-likeness (QED) is 0.676. The largest absolute Gasteiger partial charge is 0.344 e. The molecule has 10 heteroatoms. The van der Waals surface area contributed by atoms with E-state index in [0.29, 0.717) is 25.9 Å². The summed E-state index contributed by atoms with van der Waals surface area (Å²) in [5.74, 6) is -1.11. The van der Waals surface area contributed by atoms with Crippen LogP contribution in [-0.4, -0.2) is 54.2 Å². The third-order valence-corrected chi connectivity index (χ3v) is 7.61. The van der Waals surface area contributed by atoms with E-state index >= 15 is 0 Å². The number of imide groups is 1. The van der Waals surface area contributed by atoms with Crippen molar-refractivity contribution in [2.75, 3.05) is 13.1 Å². The third-order valence-electron chi connectivity index (χ3n) is 5.54. The number of rotatable bonds is 6. The minimum Gasteiger partial charge on any atom is -0.322 e. The van der Waals surface area contributed by atoms with Crippen LogP contribution in [0.3, 0.4) is 0 Å². The lowest BCUT2D eigenvalue weighted by Crippen LogP contribution is -2.50. The number of benzene rings is 1. The van der Waals surface area contributed by atoms with Gasteiger partial charge in [-0.15, -0.1) is 0 Å². The molecule has 1 spiro atoms. The first kappa shape index (κ1) is 21.3. The lowest BCUT2D eigenvalue weighted by Gasteiger charge is -2.30. The summed E-state index contributed by atoms with van der Waals surface area (Å²) in [6.45, 7) is 4.18. The van der Waals surface area contributed by atoms with Gasteiger partial charge in [-0.2, -0.15) is 9.31 Å². The fourth-order valence-electron chi connectivity index (χ4n) is 3.87. The van der Waals surface area contributed by atoms with Crippen molar-refractivity contribution in [1.29, 1.82) is 0 Å². The van der Waals surface area contributed by atoms with E-state index < -0.39 is 33.4 Å². The Bertz CT molecular complexity index is 903. The van der Waals surface area contributed by atoms with Crippen LogP contribution in [0, 0.1) is 0 Å². The molecule has 2 fully saturated rings. The molecule has 3 rings (SSSR count). The Labute approximate surface area is 170 Å². The molecule has 0 atom stereocenters. The van der Waals surface area contributed by atoms with E-state index in [1.165, 1.54) is 28.6 Å². The van der Waals surface area contributed by atoms with Gasteiger partial charge >= 0.3 is 6.03 Å². The van der Waals surface area contributed by atoms with Crippen LogP contribution in [0.4, 0.5) is 4.79 Å². The minimum atomic E-state index is -3.63. The fraction of sp³-hybridized carbons (Fsp3) is 0.526.